The second kappa shape index (κ2) is 8.78. The molecule has 1 heterocycles. The second-order valence-corrected chi connectivity index (χ2v) is 8.53. The minimum absolute atomic E-state index is 0.167. The Morgan fingerprint density at radius 3 is 2.23 bits per heavy atom. The normalized spacial score (nSPS) is 15.0. The topological polar surface area (TPSA) is 92.8 Å². The number of anilines is 1. The van der Waals surface area contributed by atoms with E-state index < -0.39 is 26.6 Å². The molecule has 160 valence electrons. The summed E-state index contributed by atoms with van der Waals surface area (Å²) in [5, 5.41) is 0. The van der Waals surface area contributed by atoms with Crippen molar-refractivity contribution in [2.75, 3.05) is 24.9 Å². The van der Waals surface area contributed by atoms with Crippen molar-refractivity contribution in [3.05, 3.63) is 59.7 Å². The van der Waals surface area contributed by atoms with E-state index in [0.717, 1.165) is 12.1 Å². The minimum Gasteiger partial charge on any atom is -0.469 e. The van der Waals surface area contributed by atoms with Gasteiger partial charge in [-0.05, 0) is 55.3 Å². The SMILES string of the molecule is COC(=O)C1CCN(C(=O)c2ccc(NS(=O)(=O)c3ccc(F)c(F)c3)cc2)CC1. The smallest absolute Gasteiger partial charge is 0.308 e. The van der Waals surface area contributed by atoms with Gasteiger partial charge in [0.2, 0.25) is 0 Å². The van der Waals surface area contributed by atoms with Crippen molar-refractivity contribution in [2.24, 2.45) is 5.92 Å². The van der Waals surface area contributed by atoms with Crippen molar-refractivity contribution in [3.63, 3.8) is 0 Å². The fourth-order valence-corrected chi connectivity index (χ4v) is 4.28. The number of piperidine rings is 1. The van der Waals surface area contributed by atoms with Crippen molar-refractivity contribution in [1.29, 1.82) is 0 Å². The number of methoxy groups -OCH3 is 1. The largest absolute Gasteiger partial charge is 0.469 e. The van der Waals surface area contributed by atoms with Crippen molar-refractivity contribution in [1.82, 2.24) is 4.90 Å². The summed E-state index contributed by atoms with van der Waals surface area (Å²) in [5.74, 6) is -3.14. The molecule has 0 atom stereocenters. The van der Waals surface area contributed by atoms with Crippen LogP contribution in [-0.2, 0) is 19.6 Å². The first kappa shape index (κ1) is 21.7. The molecule has 0 saturated carbocycles. The highest BCUT2D eigenvalue weighted by Crippen LogP contribution is 2.22. The molecule has 3 rings (SSSR count). The first-order valence-corrected chi connectivity index (χ1v) is 10.6. The lowest BCUT2D eigenvalue weighted by molar-refractivity contribution is -0.146. The summed E-state index contributed by atoms with van der Waals surface area (Å²) in [6, 6.07) is 8.03. The van der Waals surface area contributed by atoms with Crippen molar-refractivity contribution in [2.45, 2.75) is 17.7 Å². The zero-order valence-electron chi connectivity index (χ0n) is 16.1. The van der Waals surface area contributed by atoms with E-state index in [-0.39, 0.29) is 23.5 Å². The summed E-state index contributed by atoms with van der Waals surface area (Å²) in [5.41, 5.74) is 0.531. The quantitative estimate of drug-likeness (QED) is 0.725. The maximum atomic E-state index is 13.3. The average molecular weight is 438 g/mol. The molecule has 1 amide bonds. The summed E-state index contributed by atoms with van der Waals surface area (Å²) >= 11 is 0. The zero-order chi connectivity index (χ0) is 21.9. The van der Waals surface area contributed by atoms with E-state index in [9.17, 15) is 26.8 Å². The van der Waals surface area contributed by atoms with E-state index in [1.54, 1.807) is 4.90 Å². The summed E-state index contributed by atoms with van der Waals surface area (Å²) < 4.78 is 58.0. The molecule has 10 heteroatoms. The number of likely N-dealkylation sites (tertiary alicyclic amines) is 1. The van der Waals surface area contributed by atoms with E-state index in [2.05, 4.69) is 4.72 Å². The van der Waals surface area contributed by atoms with E-state index in [0.29, 0.717) is 37.6 Å². The van der Waals surface area contributed by atoms with E-state index in [4.69, 9.17) is 4.74 Å². The highest BCUT2D eigenvalue weighted by atomic mass is 32.2. The number of halogens is 2. The van der Waals surface area contributed by atoms with Gasteiger partial charge in [0, 0.05) is 24.3 Å². The average Bonchev–Trinajstić information content (AvgIpc) is 2.75. The number of carbonyl (C=O) groups is 2. The highest BCUT2D eigenvalue weighted by molar-refractivity contribution is 7.92. The van der Waals surface area contributed by atoms with Gasteiger partial charge in [-0.25, -0.2) is 17.2 Å². The zero-order valence-corrected chi connectivity index (χ0v) is 16.9. The van der Waals surface area contributed by atoms with Gasteiger partial charge in [0.15, 0.2) is 11.6 Å². The van der Waals surface area contributed by atoms with Gasteiger partial charge >= 0.3 is 5.97 Å². The van der Waals surface area contributed by atoms with Gasteiger partial charge in [-0.15, -0.1) is 0 Å². The Labute approximate surface area is 172 Å². The van der Waals surface area contributed by atoms with Crippen LogP contribution in [0.5, 0.6) is 0 Å². The molecule has 30 heavy (non-hydrogen) atoms. The Kier molecular flexibility index (Phi) is 6.35. The first-order valence-electron chi connectivity index (χ1n) is 9.16. The van der Waals surface area contributed by atoms with Gasteiger partial charge in [-0.3, -0.25) is 14.3 Å². The van der Waals surface area contributed by atoms with E-state index in [1.165, 1.54) is 31.4 Å². The summed E-state index contributed by atoms with van der Waals surface area (Å²) in [4.78, 5) is 25.4. The number of hydrogen-bond acceptors (Lipinski definition) is 5. The summed E-state index contributed by atoms with van der Waals surface area (Å²) in [6.07, 6.45) is 1.04. The maximum Gasteiger partial charge on any atom is 0.308 e. The van der Waals surface area contributed by atoms with Crippen LogP contribution in [0.25, 0.3) is 0 Å². The molecule has 2 aromatic carbocycles. The summed E-state index contributed by atoms with van der Waals surface area (Å²) in [6.45, 7) is 0.840. The fraction of sp³-hybridized carbons (Fsp3) is 0.300. The standard InChI is InChI=1S/C20H20F2N2O5S/c1-29-20(26)14-8-10-24(11-9-14)19(25)13-2-4-15(5-3-13)23-30(27,28)16-6-7-17(21)18(22)12-16/h2-7,12,14,23H,8-11H2,1H3. The molecule has 1 fully saturated rings. The predicted octanol–water partition coefficient (Wildman–Crippen LogP) is 2.79. The third-order valence-corrected chi connectivity index (χ3v) is 6.28. The molecule has 1 aliphatic rings. The Morgan fingerprint density at radius 2 is 1.67 bits per heavy atom. The molecule has 0 bridgehead atoms. The Hall–Kier alpha value is -3.01. The van der Waals surface area contributed by atoms with Crippen LogP contribution in [0.15, 0.2) is 47.4 Å². The molecule has 7 nitrogen and oxygen atoms in total. The van der Waals surface area contributed by atoms with Crippen LogP contribution >= 0.6 is 0 Å². The number of benzene rings is 2. The van der Waals surface area contributed by atoms with Crippen molar-refractivity contribution < 1.29 is 31.5 Å². The third kappa shape index (κ3) is 4.76. The predicted molar refractivity (Wildman–Crippen MR) is 104 cm³/mol. The molecule has 0 spiro atoms. The van der Waals surface area contributed by atoms with Crippen molar-refractivity contribution in [3.8, 4) is 0 Å². The van der Waals surface area contributed by atoms with Crippen LogP contribution in [0.2, 0.25) is 0 Å². The first-order chi connectivity index (χ1) is 14.2. The van der Waals surface area contributed by atoms with Gasteiger partial charge in [0.25, 0.3) is 15.9 Å². The van der Waals surface area contributed by atoms with Crippen LogP contribution in [0, 0.1) is 17.6 Å². The molecule has 1 saturated heterocycles. The third-order valence-electron chi connectivity index (χ3n) is 4.90. The second-order valence-electron chi connectivity index (χ2n) is 6.85. The van der Waals surface area contributed by atoms with Crippen LogP contribution in [0.4, 0.5) is 14.5 Å². The molecule has 0 aromatic heterocycles. The van der Waals surface area contributed by atoms with E-state index >= 15 is 0 Å². The molecular weight excluding hydrogens is 418 g/mol. The number of sulfonamides is 1. The number of nitrogens with one attached hydrogen (secondary N) is 1. The number of amides is 1. The highest BCUT2D eigenvalue weighted by Gasteiger charge is 2.28. The Bertz CT molecular complexity index is 1050. The van der Waals surface area contributed by atoms with Gasteiger partial charge in [-0.1, -0.05) is 0 Å². The monoisotopic (exact) mass is 438 g/mol. The Morgan fingerprint density at radius 1 is 1.03 bits per heavy atom. The Balaban J connectivity index is 1.65. The lowest BCUT2D eigenvalue weighted by Gasteiger charge is -2.30. The molecule has 2 aromatic rings. The van der Waals surface area contributed by atoms with Crippen LogP contribution < -0.4 is 4.72 Å². The van der Waals surface area contributed by atoms with Gasteiger partial charge in [0.05, 0.1) is 17.9 Å². The fourth-order valence-electron chi connectivity index (χ4n) is 3.21. The number of esters is 1. The van der Waals surface area contributed by atoms with Crippen LogP contribution in [0.3, 0.4) is 0 Å². The van der Waals surface area contributed by atoms with Gasteiger partial charge < -0.3 is 9.64 Å². The number of carbonyl (C=O) groups excluding carboxylic acids is 2. The molecule has 1 aliphatic heterocycles. The molecule has 0 radical (unpaired) electrons. The molecule has 0 aliphatic carbocycles. The van der Waals surface area contributed by atoms with Crippen molar-refractivity contribution >= 4 is 27.6 Å². The molecule has 0 unspecified atom stereocenters. The number of ether oxygens (including phenoxy) is 1. The number of hydrogen-bond donors (Lipinski definition) is 1. The molecular formula is C20H20F2N2O5S. The summed E-state index contributed by atoms with van der Waals surface area (Å²) in [7, 11) is -2.78. The van der Waals surface area contributed by atoms with Crippen LogP contribution in [0.1, 0.15) is 23.2 Å². The lowest BCUT2D eigenvalue weighted by Crippen LogP contribution is -2.40. The lowest BCUT2D eigenvalue weighted by atomic mass is 9.96. The van der Waals surface area contributed by atoms with Gasteiger partial charge in [-0.2, -0.15) is 0 Å². The minimum atomic E-state index is -4.12. The number of rotatable bonds is 5. The molecule has 1 N–H and O–H groups in total. The number of nitrogens with zero attached hydrogens (tertiary/aromatic N) is 1. The van der Waals surface area contributed by atoms with E-state index in [1.807, 2.05) is 0 Å². The van der Waals surface area contributed by atoms with Gasteiger partial charge in [0.1, 0.15) is 0 Å². The van der Waals surface area contributed by atoms with Crippen LogP contribution in [-0.4, -0.2) is 45.4 Å². The maximum absolute atomic E-state index is 13.3.